The van der Waals surface area contributed by atoms with Crippen molar-refractivity contribution in [1.82, 2.24) is 10.3 Å². The topological polar surface area (TPSA) is 127 Å². The molecule has 1 fully saturated rings. The Kier molecular flexibility index (Phi) is 6.35. The van der Waals surface area contributed by atoms with E-state index in [-0.39, 0.29) is 6.61 Å². The van der Waals surface area contributed by atoms with Crippen LogP contribution in [0.3, 0.4) is 0 Å². The number of primary amides is 1. The molecule has 2 aromatic heterocycles. The van der Waals surface area contributed by atoms with Crippen LogP contribution in [-0.2, 0) is 6.42 Å². The first-order chi connectivity index (χ1) is 13.0. The van der Waals surface area contributed by atoms with Gasteiger partial charge in [-0.25, -0.2) is 9.78 Å². The number of carbonyl (C=O) groups excluding carboxylic acids is 1. The number of pyridine rings is 1. The molecule has 148 valence electrons. The molecule has 0 aliphatic carbocycles. The Labute approximate surface area is 162 Å². The monoisotopic (exact) mass is 393 g/mol. The maximum absolute atomic E-state index is 11.1. The van der Waals surface area contributed by atoms with Crippen molar-refractivity contribution < 1.29 is 14.6 Å². The Hall–Kier alpha value is -2.10. The summed E-state index contributed by atoms with van der Waals surface area (Å²) in [6.07, 6.45) is 2.99. The molecule has 1 aliphatic rings. The lowest BCUT2D eigenvalue weighted by Crippen LogP contribution is -2.43. The van der Waals surface area contributed by atoms with Gasteiger partial charge >= 0.3 is 6.09 Å². The molecule has 6 N–H and O–H groups in total. The number of hydrogen-bond acceptors (Lipinski definition) is 8. The maximum Gasteiger partial charge on any atom is 0.410 e. The molecule has 27 heavy (non-hydrogen) atoms. The van der Waals surface area contributed by atoms with Gasteiger partial charge in [0.1, 0.15) is 10.6 Å². The van der Waals surface area contributed by atoms with Gasteiger partial charge in [0.15, 0.2) is 0 Å². The van der Waals surface area contributed by atoms with E-state index in [0.717, 1.165) is 60.4 Å². The number of carbonyl (C=O) groups is 1. The highest BCUT2D eigenvalue weighted by Crippen LogP contribution is 2.42. The molecule has 1 amide bonds. The lowest BCUT2D eigenvalue weighted by Gasteiger charge is -2.33. The first-order valence-corrected chi connectivity index (χ1v) is 10.1. The number of fused-ring (bicyclic) bond motifs is 1. The first kappa shape index (κ1) is 19.7. The molecule has 8 nitrogen and oxygen atoms in total. The molecule has 0 spiro atoms. The van der Waals surface area contributed by atoms with Crippen LogP contribution in [0.1, 0.15) is 31.7 Å². The standard InChI is InChI=1S/C18H27N5O3S/c1-2-3-11-10-13(23-7-4-12(5-8-23)21-6-9-24)22-16-14(11)15(19)17(27-16)26-18(20)25/h10,12,21,24H,2-9,19H2,1H3,(H2,20,25). The number of aliphatic hydroxyl groups excluding tert-OH is 1. The number of amides is 1. The van der Waals surface area contributed by atoms with Crippen LogP contribution in [0.4, 0.5) is 16.3 Å². The van der Waals surface area contributed by atoms with E-state index in [4.69, 9.17) is 26.3 Å². The molecule has 3 rings (SSSR count). The second-order valence-electron chi connectivity index (χ2n) is 6.73. The summed E-state index contributed by atoms with van der Waals surface area (Å²) < 4.78 is 5.05. The predicted molar refractivity (Wildman–Crippen MR) is 109 cm³/mol. The zero-order chi connectivity index (χ0) is 19.4. The number of ether oxygens (including phenoxy) is 1. The minimum absolute atomic E-state index is 0.161. The Morgan fingerprint density at radius 3 is 2.85 bits per heavy atom. The van der Waals surface area contributed by atoms with Gasteiger partial charge in [-0.15, -0.1) is 0 Å². The quantitative estimate of drug-likeness (QED) is 0.565. The van der Waals surface area contributed by atoms with Crippen LogP contribution in [0.5, 0.6) is 5.06 Å². The van der Waals surface area contributed by atoms with E-state index in [1.165, 1.54) is 11.3 Å². The van der Waals surface area contributed by atoms with Crippen molar-refractivity contribution in [1.29, 1.82) is 0 Å². The molecule has 0 aromatic carbocycles. The normalized spacial score (nSPS) is 15.4. The van der Waals surface area contributed by atoms with Crippen LogP contribution in [0, 0.1) is 0 Å². The van der Waals surface area contributed by atoms with Crippen molar-refractivity contribution in [2.24, 2.45) is 5.73 Å². The second-order valence-corrected chi connectivity index (χ2v) is 7.69. The molecular formula is C18H27N5O3S. The van der Waals surface area contributed by atoms with Crippen molar-refractivity contribution in [3.63, 3.8) is 0 Å². The van der Waals surface area contributed by atoms with Gasteiger partial charge in [0.2, 0.25) is 5.06 Å². The largest absolute Gasteiger partial charge is 0.410 e. The van der Waals surface area contributed by atoms with Gasteiger partial charge < -0.3 is 31.5 Å². The third-order valence-corrected chi connectivity index (χ3v) is 5.79. The average Bonchev–Trinajstić information content (AvgIpc) is 2.96. The van der Waals surface area contributed by atoms with Crippen molar-refractivity contribution in [3.05, 3.63) is 11.6 Å². The van der Waals surface area contributed by atoms with E-state index in [0.29, 0.717) is 23.3 Å². The van der Waals surface area contributed by atoms with E-state index in [2.05, 4.69) is 23.2 Å². The number of nitrogens with one attached hydrogen (secondary N) is 1. The van der Waals surface area contributed by atoms with Crippen molar-refractivity contribution in [2.45, 2.75) is 38.6 Å². The number of aryl methyl sites for hydroxylation is 1. The number of nitrogens with two attached hydrogens (primary N) is 2. The molecule has 2 aromatic rings. The fraction of sp³-hybridized carbons (Fsp3) is 0.556. The Morgan fingerprint density at radius 2 is 2.22 bits per heavy atom. The summed E-state index contributed by atoms with van der Waals surface area (Å²) in [7, 11) is 0. The lowest BCUT2D eigenvalue weighted by atomic mass is 10.0. The number of rotatable bonds is 7. The van der Waals surface area contributed by atoms with E-state index >= 15 is 0 Å². The number of nitrogen functional groups attached to an aromatic ring is 1. The summed E-state index contributed by atoms with van der Waals surface area (Å²) in [6.45, 7) is 4.71. The van der Waals surface area contributed by atoms with E-state index in [9.17, 15) is 4.79 Å². The lowest BCUT2D eigenvalue weighted by molar-refractivity contribution is 0.212. The molecule has 1 aliphatic heterocycles. The number of aromatic nitrogens is 1. The van der Waals surface area contributed by atoms with Gasteiger partial charge in [-0.3, -0.25) is 0 Å². The number of nitrogens with zero attached hydrogens (tertiary/aromatic N) is 2. The maximum atomic E-state index is 11.1. The van der Waals surface area contributed by atoms with Crippen molar-refractivity contribution in [2.75, 3.05) is 36.9 Å². The fourth-order valence-corrected chi connectivity index (χ4v) is 4.54. The van der Waals surface area contributed by atoms with Crippen LogP contribution in [0.2, 0.25) is 0 Å². The molecule has 3 heterocycles. The number of anilines is 2. The number of aliphatic hydroxyl groups is 1. The Bertz CT molecular complexity index is 802. The molecule has 0 saturated carbocycles. The van der Waals surface area contributed by atoms with Gasteiger partial charge in [0.25, 0.3) is 0 Å². The zero-order valence-electron chi connectivity index (χ0n) is 15.5. The van der Waals surface area contributed by atoms with Crippen molar-refractivity contribution in [3.8, 4) is 5.06 Å². The number of hydrogen-bond donors (Lipinski definition) is 4. The van der Waals surface area contributed by atoms with Crippen molar-refractivity contribution >= 4 is 39.2 Å². The third-order valence-electron chi connectivity index (χ3n) is 4.81. The summed E-state index contributed by atoms with van der Waals surface area (Å²) in [4.78, 5) is 19.0. The molecular weight excluding hydrogens is 366 g/mol. The summed E-state index contributed by atoms with van der Waals surface area (Å²) in [5.74, 6) is 0.929. The Balaban J connectivity index is 1.87. The van der Waals surface area contributed by atoms with E-state index < -0.39 is 6.09 Å². The van der Waals surface area contributed by atoms with E-state index in [1.54, 1.807) is 0 Å². The minimum Gasteiger partial charge on any atom is -0.397 e. The summed E-state index contributed by atoms with van der Waals surface area (Å²) in [5, 5.41) is 13.5. The van der Waals surface area contributed by atoms with Crippen LogP contribution >= 0.6 is 11.3 Å². The summed E-state index contributed by atoms with van der Waals surface area (Å²) in [5.41, 5.74) is 12.9. The summed E-state index contributed by atoms with van der Waals surface area (Å²) >= 11 is 1.26. The van der Waals surface area contributed by atoms with Crippen LogP contribution < -0.4 is 26.4 Å². The van der Waals surface area contributed by atoms with Gasteiger partial charge in [-0.2, -0.15) is 0 Å². The zero-order valence-corrected chi connectivity index (χ0v) is 16.3. The highest BCUT2D eigenvalue weighted by Gasteiger charge is 2.23. The molecule has 1 saturated heterocycles. The number of piperidine rings is 1. The first-order valence-electron chi connectivity index (χ1n) is 9.31. The number of thiophene rings is 1. The third kappa shape index (κ3) is 4.42. The molecule has 0 atom stereocenters. The van der Waals surface area contributed by atoms with Gasteiger partial charge in [0.05, 0.1) is 12.3 Å². The minimum atomic E-state index is -0.872. The smallest absolute Gasteiger partial charge is 0.397 e. The van der Waals surface area contributed by atoms with Crippen LogP contribution in [0.15, 0.2) is 6.07 Å². The SMILES string of the molecule is CCCc1cc(N2CCC(NCCO)CC2)nc2sc(OC(N)=O)c(N)c12. The van der Waals surface area contributed by atoms with Gasteiger partial charge in [0, 0.05) is 31.1 Å². The Morgan fingerprint density at radius 1 is 1.48 bits per heavy atom. The second kappa shape index (κ2) is 8.73. The van der Waals surface area contributed by atoms with Gasteiger partial charge in [-0.05, 0) is 30.9 Å². The van der Waals surface area contributed by atoms with Crippen LogP contribution in [0.25, 0.3) is 10.2 Å². The molecule has 9 heteroatoms. The summed E-state index contributed by atoms with van der Waals surface area (Å²) in [6, 6.07) is 2.53. The highest BCUT2D eigenvalue weighted by atomic mass is 32.1. The highest BCUT2D eigenvalue weighted by molar-refractivity contribution is 7.21. The van der Waals surface area contributed by atoms with E-state index in [1.807, 2.05) is 0 Å². The molecule has 0 unspecified atom stereocenters. The van der Waals surface area contributed by atoms with Gasteiger partial charge in [-0.1, -0.05) is 24.7 Å². The predicted octanol–water partition coefficient (Wildman–Crippen LogP) is 1.84. The molecule has 0 bridgehead atoms. The molecule has 0 radical (unpaired) electrons. The van der Waals surface area contributed by atoms with Crippen LogP contribution in [-0.4, -0.2) is 48.5 Å². The fourth-order valence-electron chi connectivity index (χ4n) is 3.54. The average molecular weight is 394 g/mol.